The van der Waals surface area contributed by atoms with Crippen molar-refractivity contribution in [1.29, 1.82) is 0 Å². The van der Waals surface area contributed by atoms with Crippen molar-refractivity contribution in [2.75, 3.05) is 7.11 Å². The predicted octanol–water partition coefficient (Wildman–Crippen LogP) is 6.69. The molecule has 6 rings (SSSR count). The average molecular weight is 471 g/mol. The second-order valence-electron chi connectivity index (χ2n) is 7.72. The molecule has 2 aliphatic heterocycles. The average Bonchev–Trinajstić information content (AvgIpc) is 3.49. The number of hydrogen-bond donors (Lipinski definition) is 1. The first-order valence-corrected chi connectivity index (χ1v) is 11.8. The van der Waals surface area contributed by atoms with Gasteiger partial charge in [0.15, 0.2) is 11.3 Å². The molecule has 2 aliphatic rings. The summed E-state index contributed by atoms with van der Waals surface area (Å²) in [7, 11) is 1.67. The molecule has 7 heteroatoms. The Balaban J connectivity index is 1.47. The van der Waals surface area contributed by atoms with Crippen LogP contribution < -0.4 is 4.74 Å². The van der Waals surface area contributed by atoms with Gasteiger partial charge in [0, 0.05) is 38.7 Å². The molecule has 4 aromatic rings. The minimum Gasteiger partial charge on any atom is -0.497 e. The Morgan fingerprint density at radius 1 is 0.939 bits per heavy atom. The lowest BCUT2D eigenvalue weighted by atomic mass is 10.1. The number of nitrogens with zero attached hydrogens (tertiary/aromatic N) is 3. The van der Waals surface area contributed by atoms with Crippen LogP contribution in [0.3, 0.4) is 0 Å². The van der Waals surface area contributed by atoms with E-state index in [1.807, 2.05) is 54.7 Å². The molecule has 33 heavy (non-hydrogen) atoms. The third-order valence-electron chi connectivity index (χ3n) is 5.78. The van der Waals surface area contributed by atoms with Crippen molar-refractivity contribution < 1.29 is 4.74 Å². The summed E-state index contributed by atoms with van der Waals surface area (Å²) in [6.45, 7) is 0. The van der Waals surface area contributed by atoms with Crippen LogP contribution in [0.2, 0.25) is 5.02 Å². The molecule has 0 amide bonds. The van der Waals surface area contributed by atoms with E-state index in [-0.39, 0.29) is 6.17 Å². The maximum atomic E-state index is 6.18. The molecule has 1 atom stereocenters. The summed E-state index contributed by atoms with van der Waals surface area (Å²) in [6, 6.07) is 24.1. The van der Waals surface area contributed by atoms with E-state index < -0.39 is 0 Å². The number of thioether (sulfide) groups is 1. The first kappa shape index (κ1) is 20.1. The van der Waals surface area contributed by atoms with E-state index in [1.165, 1.54) is 0 Å². The Hall–Kier alpha value is -3.48. The molecular formula is C26H19ClN4OS. The predicted molar refractivity (Wildman–Crippen MR) is 137 cm³/mol. The van der Waals surface area contributed by atoms with Crippen molar-refractivity contribution in [2.24, 2.45) is 9.98 Å². The molecule has 0 fully saturated rings. The second-order valence-corrected chi connectivity index (χ2v) is 8.99. The van der Waals surface area contributed by atoms with E-state index in [0.29, 0.717) is 5.02 Å². The highest BCUT2D eigenvalue weighted by atomic mass is 35.5. The van der Waals surface area contributed by atoms with Gasteiger partial charge < -0.3 is 9.72 Å². The van der Waals surface area contributed by atoms with Crippen molar-refractivity contribution in [3.05, 3.63) is 106 Å². The van der Waals surface area contributed by atoms with Crippen molar-refractivity contribution >= 4 is 51.0 Å². The maximum Gasteiger partial charge on any atom is 0.176 e. The van der Waals surface area contributed by atoms with E-state index in [2.05, 4.69) is 39.6 Å². The first-order valence-electron chi connectivity index (χ1n) is 10.5. The molecule has 5 nitrogen and oxygen atoms in total. The summed E-state index contributed by atoms with van der Waals surface area (Å²) >= 11 is 7.79. The zero-order valence-corrected chi connectivity index (χ0v) is 19.3. The van der Waals surface area contributed by atoms with Crippen molar-refractivity contribution in [1.82, 2.24) is 9.88 Å². The van der Waals surface area contributed by atoms with Crippen LogP contribution in [0, 0.1) is 0 Å². The van der Waals surface area contributed by atoms with Crippen molar-refractivity contribution in [2.45, 2.75) is 6.17 Å². The lowest BCUT2D eigenvalue weighted by Gasteiger charge is -2.29. The Bertz CT molecular complexity index is 1440. The SMILES string of the molecule is COc1ccc(C2=CSC3=NC(c4c[nH]c5ccccc45)N=C(c4ccc(Cl)cc4)N23)cc1. The summed E-state index contributed by atoms with van der Waals surface area (Å²) in [5, 5.41) is 4.85. The molecule has 0 radical (unpaired) electrons. The van der Waals surface area contributed by atoms with Crippen LogP contribution in [0.15, 0.2) is 94.4 Å². The number of hydrogen-bond acceptors (Lipinski definition) is 5. The number of fused-ring (bicyclic) bond motifs is 2. The number of aromatic amines is 1. The number of rotatable bonds is 4. The van der Waals surface area contributed by atoms with E-state index >= 15 is 0 Å². The largest absolute Gasteiger partial charge is 0.497 e. The molecule has 0 aliphatic carbocycles. The van der Waals surface area contributed by atoms with Gasteiger partial charge in [-0.3, -0.25) is 4.90 Å². The molecule has 3 aromatic carbocycles. The molecule has 0 spiro atoms. The fraction of sp³-hybridized carbons (Fsp3) is 0.0769. The Morgan fingerprint density at radius 3 is 2.48 bits per heavy atom. The standard InChI is InChI=1S/C26H19ClN4OS/c1-32-19-12-8-16(9-13-19)23-15-33-26-30-24(21-14-28-22-5-3-2-4-20(21)22)29-25(31(23)26)17-6-10-18(27)11-7-17/h2-15,24,28H,1H3. The molecule has 162 valence electrons. The van der Waals surface area contributed by atoms with Gasteiger partial charge in [-0.05, 0) is 60.2 Å². The fourth-order valence-corrected chi connectivity index (χ4v) is 5.16. The van der Waals surface area contributed by atoms with Crippen LogP contribution in [0.25, 0.3) is 16.6 Å². The Morgan fingerprint density at radius 2 is 1.70 bits per heavy atom. The monoisotopic (exact) mass is 470 g/mol. The number of H-pyrrole nitrogens is 1. The summed E-state index contributed by atoms with van der Waals surface area (Å²) in [5.74, 6) is 1.67. The molecule has 1 N–H and O–H groups in total. The van der Waals surface area contributed by atoms with Gasteiger partial charge in [-0.25, -0.2) is 9.98 Å². The van der Waals surface area contributed by atoms with Gasteiger partial charge in [0.1, 0.15) is 11.6 Å². The molecule has 0 saturated carbocycles. The summed E-state index contributed by atoms with van der Waals surface area (Å²) in [6.07, 6.45) is 1.67. The molecule has 3 heterocycles. The van der Waals surface area contributed by atoms with Crippen molar-refractivity contribution in [3.63, 3.8) is 0 Å². The van der Waals surface area contributed by atoms with E-state index in [0.717, 1.165) is 50.0 Å². The number of ether oxygens (including phenoxy) is 1. The number of aliphatic imine (C=N–C) groups is 2. The zero-order chi connectivity index (χ0) is 22.4. The van der Waals surface area contributed by atoms with Gasteiger partial charge in [0.25, 0.3) is 0 Å². The van der Waals surface area contributed by atoms with Crippen LogP contribution in [-0.4, -0.2) is 28.0 Å². The first-order chi connectivity index (χ1) is 16.2. The number of benzene rings is 3. The van der Waals surface area contributed by atoms with Crippen LogP contribution >= 0.6 is 23.4 Å². The lowest BCUT2D eigenvalue weighted by molar-refractivity contribution is 0.415. The fourth-order valence-electron chi connectivity index (χ4n) is 4.13. The normalized spacial score (nSPS) is 17.5. The summed E-state index contributed by atoms with van der Waals surface area (Å²) in [5.41, 5.74) is 5.23. The third kappa shape index (κ3) is 3.52. The van der Waals surface area contributed by atoms with Crippen LogP contribution in [-0.2, 0) is 0 Å². The number of aromatic nitrogens is 1. The highest BCUT2D eigenvalue weighted by Crippen LogP contribution is 2.41. The highest BCUT2D eigenvalue weighted by molar-refractivity contribution is 8.16. The van der Waals surface area contributed by atoms with Gasteiger partial charge in [0.05, 0.1) is 12.8 Å². The van der Waals surface area contributed by atoms with Crippen molar-refractivity contribution in [3.8, 4) is 5.75 Å². The Kier molecular flexibility index (Phi) is 4.97. The molecule has 0 bridgehead atoms. The number of methoxy groups -OCH3 is 1. The Labute approximate surface area is 200 Å². The van der Waals surface area contributed by atoms with Gasteiger partial charge in [-0.2, -0.15) is 0 Å². The quantitative estimate of drug-likeness (QED) is 0.361. The van der Waals surface area contributed by atoms with Crippen LogP contribution in [0.1, 0.15) is 22.9 Å². The zero-order valence-electron chi connectivity index (χ0n) is 17.7. The van der Waals surface area contributed by atoms with Gasteiger partial charge in [-0.1, -0.05) is 41.6 Å². The van der Waals surface area contributed by atoms with E-state index in [9.17, 15) is 0 Å². The lowest BCUT2D eigenvalue weighted by Crippen LogP contribution is -2.35. The smallest absolute Gasteiger partial charge is 0.176 e. The third-order valence-corrected chi connectivity index (χ3v) is 6.88. The molecular weight excluding hydrogens is 452 g/mol. The number of para-hydroxylation sites is 1. The minimum absolute atomic E-state index is 0.339. The van der Waals surface area contributed by atoms with E-state index in [1.54, 1.807) is 18.9 Å². The summed E-state index contributed by atoms with van der Waals surface area (Å²) < 4.78 is 5.33. The molecule has 0 saturated heterocycles. The van der Waals surface area contributed by atoms with Crippen LogP contribution in [0.4, 0.5) is 0 Å². The summed E-state index contributed by atoms with van der Waals surface area (Å²) in [4.78, 5) is 15.7. The van der Waals surface area contributed by atoms with Gasteiger partial charge >= 0.3 is 0 Å². The maximum absolute atomic E-state index is 6.18. The van der Waals surface area contributed by atoms with Gasteiger partial charge in [0.2, 0.25) is 0 Å². The van der Waals surface area contributed by atoms with Gasteiger partial charge in [-0.15, -0.1) is 0 Å². The van der Waals surface area contributed by atoms with Crippen LogP contribution in [0.5, 0.6) is 5.75 Å². The number of amidine groups is 2. The van der Waals surface area contributed by atoms with E-state index in [4.69, 9.17) is 26.3 Å². The minimum atomic E-state index is -0.339. The number of halogens is 1. The molecule has 1 aromatic heterocycles. The highest BCUT2D eigenvalue weighted by Gasteiger charge is 2.34. The topological polar surface area (TPSA) is 53.0 Å². The molecule has 1 unspecified atom stereocenters. The number of nitrogens with one attached hydrogen (secondary N) is 1. The second kappa shape index (κ2) is 8.14.